The van der Waals surface area contributed by atoms with Crippen LogP contribution < -0.4 is 14.2 Å². The van der Waals surface area contributed by atoms with Gasteiger partial charge < -0.3 is 18.9 Å². The molecule has 3 rings (SSSR count). The second-order valence-electron chi connectivity index (χ2n) is 6.01. The Hall–Kier alpha value is -3.27. The quantitative estimate of drug-likeness (QED) is 0.731. The second kappa shape index (κ2) is 8.39. The molecule has 0 aromatic heterocycles. The molecule has 2 aromatic rings. The van der Waals surface area contributed by atoms with Gasteiger partial charge in [0.15, 0.2) is 11.5 Å². The molecule has 0 saturated heterocycles. The van der Waals surface area contributed by atoms with Crippen LogP contribution in [0, 0.1) is 0 Å². The zero-order valence-electron chi connectivity index (χ0n) is 15.8. The molecule has 0 bridgehead atoms. The van der Waals surface area contributed by atoms with E-state index >= 15 is 0 Å². The zero-order valence-corrected chi connectivity index (χ0v) is 16.6. The number of sulfonamides is 1. The monoisotopic (exact) mass is 421 g/mol. The molecular weight excluding hydrogens is 402 g/mol. The summed E-state index contributed by atoms with van der Waals surface area (Å²) in [4.78, 5) is 23.4. The molecule has 1 N–H and O–H groups in total. The standard InChI is InChI=1S/C19H19NO8S/c1-25-18(21)12-4-6-14(19(22)26-2)17(10-12)29(23,24)20-13-5-7-15-16(11-13)28-9-3-8-27-15/h4-7,10-11,20H,3,8-9H2,1-2H3. The second-order valence-corrected chi connectivity index (χ2v) is 7.66. The molecule has 0 aliphatic carbocycles. The fraction of sp³-hybridized carbons (Fsp3) is 0.263. The lowest BCUT2D eigenvalue weighted by Crippen LogP contribution is -2.19. The molecule has 0 radical (unpaired) electrons. The van der Waals surface area contributed by atoms with Crippen molar-refractivity contribution in [1.29, 1.82) is 0 Å². The van der Waals surface area contributed by atoms with Crippen molar-refractivity contribution in [2.75, 3.05) is 32.2 Å². The highest BCUT2D eigenvalue weighted by Crippen LogP contribution is 2.33. The summed E-state index contributed by atoms with van der Waals surface area (Å²) in [5.74, 6) is -0.693. The predicted octanol–water partition coefficient (Wildman–Crippen LogP) is 2.22. The number of hydrogen-bond donors (Lipinski definition) is 1. The SMILES string of the molecule is COC(=O)c1ccc(C(=O)OC)c(S(=O)(=O)Nc2ccc3c(c2)OCCCO3)c1. The minimum Gasteiger partial charge on any atom is -0.490 e. The normalized spacial score (nSPS) is 13.2. The Kier molecular flexibility index (Phi) is 5.92. The Morgan fingerprint density at radius 2 is 1.62 bits per heavy atom. The summed E-state index contributed by atoms with van der Waals surface area (Å²) >= 11 is 0. The maximum Gasteiger partial charge on any atom is 0.339 e. The van der Waals surface area contributed by atoms with E-state index in [-0.39, 0.29) is 16.8 Å². The maximum absolute atomic E-state index is 13.0. The molecule has 154 valence electrons. The number of hydrogen-bond acceptors (Lipinski definition) is 8. The summed E-state index contributed by atoms with van der Waals surface area (Å²) in [5.41, 5.74) is -0.0466. The molecule has 10 heteroatoms. The first kappa shape index (κ1) is 20.5. The average Bonchev–Trinajstić information content (AvgIpc) is 2.96. The van der Waals surface area contributed by atoms with Crippen molar-refractivity contribution in [3.63, 3.8) is 0 Å². The fourth-order valence-electron chi connectivity index (χ4n) is 2.70. The number of nitrogens with one attached hydrogen (secondary N) is 1. The largest absolute Gasteiger partial charge is 0.490 e. The van der Waals surface area contributed by atoms with Crippen molar-refractivity contribution in [2.45, 2.75) is 11.3 Å². The Bertz CT molecular complexity index is 1050. The van der Waals surface area contributed by atoms with Crippen LogP contribution in [0.25, 0.3) is 0 Å². The van der Waals surface area contributed by atoms with Crippen LogP contribution in [0.15, 0.2) is 41.3 Å². The molecule has 1 aliphatic rings. The smallest absolute Gasteiger partial charge is 0.339 e. The van der Waals surface area contributed by atoms with Crippen molar-refractivity contribution in [2.24, 2.45) is 0 Å². The number of esters is 2. The van der Waals surface area contributed by atoms with E-state index in [1.165, 1.54) is 31.4 Å². The summed E-state index contributed by atoms with van der Waals surface area (Å²) in [7, 11) is -1.96. The summed E-state index contributed by atoms with van der Waals surface area (Å²) in [6.45, 7) is 0.942. The number of carbonyl (C=O) groups excluding carboxylic acids is 2. The predicted molar refractivity (Wildman–Crippen MR) is 102 cm³/mol. The van der Waals surface area contributed by atoms with E-state index in [0.717, 1.165) is 13.2 Å². The summed E-state index contributed by atoms with van der Waals surface area (Å²) in [6.07, 6.45) is 0.707. The van der Waals surface area contributed by atoms with E-state index < -0.39 is 26.9 Å². The average molecular weight is 421 g/mol. The van der Waals surface area contributed by atoms with Crippen molar-refractivity contribution in [3.8, 4) is 11.5 Å². The van der Waals surface area contributed by atoms with Gasteiger partial charge in [0.1, 0.15) is 4.90 Å². The third kappa shape index (κ3) is 4.43. The minimum absolute atomic E-state index is 0.0285. The molecule has 0 amide bonds. The van der Waals surface area contributed by atoms with Crippen LogP contribution in [0.4, 0.5) is 5.69 Å². The highest BCUT2D eigenvalue weighted by Gasteiger charge is 2.26. The minimum atomic E-state index is -4.25. The molecule has 0 fully saturated rings. The highest BCUT2D eigenvalue weighted by atomic mass is 32.2. The Labute approximate surface area is 167 Å². The number of anilines is 1. The first-order valence-corrected chi connectivity index (χ1v) is 10.1. The van der Waals surface area contributed by atoms with E-state index in [2.05, 4.69) is 14.2 Å². The van der Waals surface area contributed by atoms with Crippen LogP contribution in [0.5, 0.6) is 11.5 Å². The van der Waals surface area contributed by atoms with E-state index in [4.69, 9.17) is 9.47 Å². The maximum atomic E-state index is 13.0. The van der Waals surface area contributed by atoms with Gasteiger partial charge in [-0.15, -0.1) is 0 Å². The Morgan fingerprint density at radius 3 is 2.31 bits per heavy atom. The van der Waals surface area contributed by atoms with E-state index in [1.54, 1.807) is 6.07 Å². The number of fused-ring (bicyclic) bond motifs is 1. The Balaban J connectivity index is 2.01. The van der Waals surface area contributed by atoms with Crippen molar-refractivity contribution < 1.29 is 37.0 Å². The van der Waals surface area contributed by atoms with Gasteiger partial charge in [-0.05, 0) is 30.3 Å². The summed E-state index contributed by atoms with van der Waals surface area (Å²) in [5, 5.41) is 0. The third-order valence-electron chi connectivity index (χ3n) is 4.10. The molecule has 1 aliphatic heterocycles. The number of ether oxygens (including phenoxy) is 4. The molecule has 1 heterocycles. The van der Waals surface area contributed by atoms with Gasteiger partial charge in [0.2, 0.25) is 0 Å². The summed E-state index contributed by atoms with van der Waals surface area (Å²) in [6, 6.07) is 8.12. The van der Waals surface area contributed by atoms with Crippen LogP contribution in [0.1, 0.15) is 27.1 Å². The van der Waals surface area contributed by atoms with Gasteiger partial charge in [0.25, 0.3) is 10.0 Å². The Morgan fingerprint density at radius 1 is 0.931 bits per heavy atom. The van der Waals surface area contributed by atoms with E-state index in [1.807, 2.05) is 0 Å². The number of carbonyl (C=O) groups is 2. The molecule has 0 atom stereocenters. The molecule has 29 heavy (non-hydrogen) atoms. The lowest BCUT2D eigenvalue weighted by molar-refractivity contribution is 0.0583. The molecule has 9 nitrogen and oxygen atoms in total. The highest BCUT2D eigenvalue weighted by molar-refractivity contribution is 7.92. The van der Waals surface area contributed by atoms with Gasteiger partial charge in [-0.1, -0.05) is 0 Å². The first-order valence-electron chi connectivity index (χ1n) is 8.59. The number of rotatable bonds is 5. The lowest BCUT2D eigenvalue weighted by atomic mass is 10.1. The van der Waals surface area contributed by atoms with Crippen molar-refractivity contribution >= 4 is 27.6 Å². The topological polar surface area (TPSA) is 117 Å². The van der Waals surface area contributed by atoms with E-state index in [9.17, 15) is 18.0 Å². The van der Waals surface area contributed by atoms with Gasteiger partial charge in [-0.25, -0.2) is 18.0 Å². The third-order valence-corrected chi connectivity index (χ3v) is 5.52. The lowest BCUT2D eigenvalue weighted by Gasteiger charge is -2.14. The molecule has 0 unspecified atom stereocenters. The molecular formula is C19H19NO8S. The number of benzene rings is 2. The zero-order chi connectivity index (χ0) is 21.0. The van der Waals surface area contributed by atoms with Crippen LogP contribution in [0.2, 0.25) is 0 Å². The van der Waals surface area contributed by atoms with Crippen LogP contribution in [-0.4, -0.2) is 47.8 Å². The van der Waals surface area contributed by atoms with Gasteiger partial charge >= 0.3 is 11.9 Å². The number of methoxy groups -OCH3 is 2. The van der Waals surface area contributed by atoms with Gasteiger partial charge in [-0.2, -0.15) is 0 Å². The first-order chi connectivity index (χ1) is 13.9. The molecule has 0 spiro atoms. The van der Waals surface area contributed by atoms with Crippen LogP contribution in [0.3, 0.4) is 0 Å². The van der Waals surface area contributed by atoms with Gasteiger partial charge in [0.05, 0.1) is 44.2 Å². The van der Waals surface area contributed by atoms with Gasteiger partial charge in [0, 0.05) is 12.5 Å². The van der Waals surface area contributed by atoms with Crippen LogP contribution in [-0.2, 0) is 19.5 Å². The molecule has 0 saturated carbocycles. The fourth-order valence-corrected chi connectivity index (χ4v) is 3.98. The van der Waals surface area contributed by atoms with Crippen molar-refractivity contribution in [1.82, 2.24) is 0 Å². The molecule has 2 aromatic carbocycles. The van der Waals surface area contributed by atoms with Crippen LogP contribution >= 0.6 is 0 Å². The summed E-state index contributed by atoms with van der Waals surface area (Å²) < 4.78 is 48.7. The van der Waals surface area contributed by atoms with E-state index in [0.29, 0.717) is 31.1 Å². The van der Waals surface area contributed by atoms with Crippen molar-refractivity contribution in [3.05, 3.63) is 47.5 Å². The van der Waals surface area contributed by atoms with Gasteiger partial charge in [-0.3, -0.25) is 4.72 Å².